The van der Waals surface area contributed by atoms with E-state index in [0.717, 1.165) is 48.4 Å². The summed E-state index contributed by atoms with van der Waals surface area (Å²) in [5.41, 5.74) is 5.48. The molecule has 0 aliphatic carbocycles. The molecule has 0 aromatic heterocycles. The quantitative estimate of drug-likeness (QED) is 0.733. The Morgan fingerprint density at radius 1 is 1.03 bits per heavy atom. The molecule has 0 atom stereocenters. The molecule has 2 aromatic rings. The topological polar surface area (TPSA) is 64.7 Å². The summed E-state index contributed by atoms with van der Waals surface area (Å²) in [6.45, 7) is 10.5. The van der Waals surface area contributed by atoms with Crippen LogP contribution in [0.3, 0.4) is 0 Å². The number of carbonyl (C=O) groups is 2. The molecule has 1 aliphatic heterocycles. The van der Waals surface area contributed by atoms with Gasteiger partial charge in [-0.2, -0.15) is 0 Å². The van der Waals surface area contributed by atoms with Gasteiger partial charge in [-0.05, 0) is 47.8 Å². The number of amides is 3. The van der Waals surface area contributed by atoms with E-state index in [0.29, 0.717) is 19.6 Å². The zero-order valence-electron chi connectivity index (χ0n) is 18.2. The summed E-state index contributed by atoms with van der Waals surface area (Å²) in [5.74, 6) is -0.0769. The van der Waals surface area contributed by atoms with E-state index in [4.69, 9.17) is 0 Å². The molecule has 0 radical (unpaired) electrons. The van der Waals surface area contributed by atoms with Gasteiger partial charge in [-0.15, -0.1) is 0 Å². The molecule has 2 N–H and O–H groups in total. The standard InChI is InChI=1S/C24H32N4O2/c1-4-27(5-2)16-20-10-7-6-9-19(20)15-25-24(30)28-14-13-22-21(17-28)11-8-12-23(22)26-18(3)29/h6-12H,4-5,13-17H2,1-3H3,(H,25,30)(H,26,29). The van der Waals surface area contributed by atoms with Crippen molar-refractivity contribution in [3.8, 4) is 0 Å². The second kappa shape index (κ2) is 10.3. The van der Waals surface area contributed by atoms with E-state index in [2.05, 4.69) is 47.6 Å². The van der Waals surface area contributed by atoms with Gasteiger partial charge in [0.25, 0.3) is 0 Å². The number of rotatable bonds is 7. The first-order valence-electron chi connectivity index (χ1n) is 10.7. The zero-order valence-corrected chi connectivity index (χ0v) is 18.2. The maximum Gasteiger partial charge on any atom is 0.317 e. The van der Waals surface area contributed by atoms with E-state index in [1.54, 1.807) is 0 Å². The highest BCUT2D eigenvalue weighted by molar-refractivity contribution is 5.90. The SMILES string of the molecule is CCN(CC)Cc1ccccc1CNC(=O)N1CCc2c(cccc2NC(C)=O)C1. The molecule has 0 bridgehead atoms. The Hall–Kier alpha value is -2.86. The number of hydrogen-bond acceptors (Lipinski definition) is 3. The minimum atomic E-state index is -0.0769. The molecule has 6 heteroatoms. The molecular weight excluding hydrogens is 376 g/mol. The molecule has 2 aromatic carbocycles. The fraction of sp³-hybridized carbons (Fsp3) is 0.417. The van der Waals surface area contributed by atoms with E-state index in [1.165, 1.54) is 12.5 Å². The minimum absolute atomic E-state index is 0.0526. The summed E-state index contributed by atoms with van der Waals surface area (Å²) in [5, 5.41) is 5.99. The lowest BCUT2D eigenvalue weighted by Crippen LogP contribution is -2.42. The second-order valence-corrected chi connectivity index (χ2v) is 7.68. The largest absolute Gasteiger partial charge is 0.334 e. The van der Waals surface area contributed by atoms with Crippen molar-refractivity contribution in [1.29, 1.82) is 0 Å². The van der Waals surface area contributed by atoms with Crippen molar-refractivity contribution in [3.05, 3.63) is 64.7 Å². The van der Waals surface area contributed by atoms with E-state index in [-0.39, 0.29) is 11.9 Å². The number of nitrogens with zero attached hydrogens (tertiary/aromatic N) is 2. The Kier molecular flexibility index (Phi) is 7.46. The third-order valence-electron chi connectivity index (χ3n) is 5.70. The van der Waals surface area contributed by atoms with Gasteiger partial charge in [-0.3, -0.25) is 9.69 Å². The Morgan fingerprint density at radius 2 is 1.77 bits per heavy atom. The maximum absolute atomic E-state index is 12.8. The molecule has 6 nitrogen and oxygen atoms in total. The molecule has 160 valence electrons. The number of fused-ring (bicyclic) bond motifs is 1. The first-order valence-corrected chi connectivity index (χ1v) is 10.7. The highest BCUT2D eigenvalue weighted by Gasteiger charge is 2.22. The van der Waals surface area contributed by atoms with E-state index in [1.807, 2.05) is 29.2 Å². The van der Waals surface area contributed by atoms with Crippen LogP contribution in [-0.4, -0.2) is 41.4 Å². The first-order chi connectivity index (χ1) is 14.5. The molecule has 0 unspecified atom stereocenters. The molecule has 0 spiro atoms. The monoisotopic (exact) mass is 408 g/mol. The van der Waals surface area contributed by atoms with Gasteiger partial charge in [0.05, 0.1) is 0 Å². The van der Waals surface area contributed by atoms with Gasteiger partial charge in [0.15, 0.2) is 0 Å². The van der Waals surface area contributed by atoms with Crippen LogP contribution in [0.1, 0.15) is 43.0 Å². The fourth-order valence-corrected chi connectivity index (χ4v) is 3.94. The van der Waals surface area contributed by atoms with Gasteiger partial charge >= 0.3 is 6.03 Å². The normalized spacial score (nSPS) is 13.1. The average Bonchev–Trinajstić information content (AvgIpc) is 2.76. The number of urea groups is 1. The Bertz CT molecular complexity index is 893. The minimum Gasteiger partial charge on any atom is -0.334 e. The zero-order chi connectivity index (χ0) is 21.5. The molecule has 0 fully saturated rings. The van der Waals surface area contributed by atoms with Crippen molar-refractivity contribution in [2.75, 3.05) is 25.0 Å². The fourth-order valence-electron chi connectivity index (χ4n) is 3.94. The Labute approximate surface area is 179 Å². The highest BCUT2D eigenvalue weighted by atomic mass is 16.2. The van der Waals surface area contributed by atoms with Crippen molar-refractivity contribution < 1.29 is 9.59 Å². The van der Waals surface area contributed by atoms with Gasteiger partial charge in [0.2, 0.25) is 5.91 Å². The van der Waals surface area contributed by atoms with Crippen LogP contribution >= 0.6 is 0 Å². The second-order valence-electron chi connectivity index (χ2n) is 7.68. The number of carbonyl (C=O) groups excluding carboxylic acids is 2. The predicted octanol–water partition coefficient (Wildman–Crippen LogP) is 3.75. The lowest BCUT2D eigenvalue weighted by Gasteiger charge is -2.30. The van der Waals surface area contributed by atoms with Crippen LogP contribution in [0.15, 0.2) is 42.5 Å². The molecule has 30 heavy (non-hydrogen) atoms. The Balaban J connectivity index is 1.63. The summed E-state index contributed by atoms with van der Waals surface area (Å²) in [6.07, 6.45) is 0.734. The molecule has 1 heterocycles. The summed E-state index contributed by atoms with van der Waals surface area (Å²) in [4.78, 5) is 28.5. The van der Waals surface area contributed by atoms with Crippen molar-refractivity contribution in [2.45, 2.75) is 46.8 Å². The summed E-state index contributed by atoms with van der Waals surface area (Å²) < 4.78 is 0. The summed E-state index contributed by atoms with van der Waals surface area (Å²) >= 11 is 0. The number of benzene rings is 2. The first kappa shape index (κ1) is 21.8. The number of nitrogens with one attached hydrogen (secondary N) is 2. The van der Waals surface area contributed by atoms with Crippen LogP contribution in [-0.2, 0) is 30.8 Å². The molecule has 3 rings (SSSR count). The van der Waals surface area contributed by atoms with Crippen molar-refractivity contribution in [3.63, 3.8) is 0 Å². The van der Waals surface area contributed by atoms with Gasteiger partial charge in [0, 0.05) is 38.8 Å². The molecular formula is C24H32N4O2. The lowest BCUT2D eigenvalue weighted by molar-refractivity contribution is -0.114. The van der Waals surface area contributed by atoms with Crippen molar-refractivity contribution in [2.24, 2.45) is 0 Å². The third kappa shape index (κ3) is 5.39. The van der Waals surface area contributed by atoms with E-state index >= 15 is 0 Å². The van der Waals surface area contributed by atoms with Gasteiger partial charge in [-0.25, -0.2) is 4.79 Å². The van der Waals surface area contributed by atoms with E-state index in [9.17, 15) is 9.59 Å². The molecule has 0 saturated carbocycles. The van der Waals surface area contributed by atoms with Crippen molar-refractivity contribution in [1.82, 2.24) is 15.1 Å². The predicted molar refractivity (Wildman–Crippen MR) is 120 cm³/mol. The smallest absolute Gasteiger partial charge is 0.317 e. The lowest BCUT2D eigenvalue weighted by atomic mass is 9.98. The van der Waals surface area contributed by atoms with Gasteiger partial charge < -0.3 is 15.5 Å². The van der Waals surface area contributed by atoms with Gasteiger partial charge in [-0.1, -0.05) is 50.2 Å². The van der Waals surface area contributed by atoms with Crippen LogP contribution < -0.4 is 10.6 Å². The molecule has 0 saturated heterocycles. The van der Waals surface area contributed by atoms with Crippen LogP contribution in [0.5, 0.6) is 0 Å². The van der Waals surface area contributed by atoms with Gasteiger partial charge in [0.1, 0.15) is 0 Å². The van der Waals surface area contributed by atoms with Crippen LogP contribution in [0, 0.1) is 0 Å². The molecule has 1 aliphatic rings. The van der Waals surface area contributed by atoms with Crippen LogP contribution in [0.4, 0.5) is 10.5 Å². The van der Waals surface area contributed by atoms with Crippen molar-refractivity contribution >= 4 is 17.6 Å². The van der Waals surface area contributed by atoms with E-state index < -0.39 is 0 Å². The Morgan fingerprint density at radius 3 is 2.47 bits per heavy atom. The van der Waals surface area contributed by atoms with Crippen LogP contribution in [0.25, 0.3) is 0 Å². The maximum atomic E-state index is 12.8. The molecule has 3 amide bonds. The number of hydrogen-bond donors (Lipinski definition) is 2. The number of anilines is 1. The third-order valence-corrected chi connectivity index (χ3v) is 5.70. The highest BCUT2D eigenvalue weighted by Crippen LogP contribution is 2.26. The van der Waals surface area contributed by atoms with Crippen LogP contribution in [0.2, 0.25) is 0 Å². The average molecular weight is 409 g/mol. The summed E-state index contributed by atoms with van der Waals surface area (Å²) in [7, 11) is 0. The summed E-state index contributed by atoms with van der Waals surface area (Å²) in [6, 6.07) is 14.1.